The summed E-state index contributed by atoms with van der Waals surface area (Å²) in [6.45, 7) is 7.11. The molecule has 1 N–H and O–H groups in total. The van der Waals surface area contributed by atoms with Gasteiger partial charge in [-0.25, -0.2) is 4.79 Å². The highest BCUT2D eigenvalue weighted by molar-refractivity contribution is 6.38. The quantitative estimate of drug-likeness (QED) is 0.701. The molecule has 1 rings (SSSR count). The van der Waals surface area contributed by atoms with Gasteiger partial charge in [-0.15, -0.1) is 0 Å². The fourth-order valence-corrected chi connectivity index (χ4v) is 2.35. The molecule has 0 aromatic heterocycles. The first-order chi connectivity index (χ1) is 8.07. The summed E-state index contributed by atoms with van der Waals surface area (Å²) in [7, 11) is 3.68. The van der Waals surface area contributed by atoms with E-state index >= 15 is 0 Å². The Morgan fingerprint density at radius 3 is 2.22 bits per heavy atom. The monoisotopic (exact) mass is 253 g/mol. The number of hydrogen-bond donors (Lipinski definition) is 1. The maximum absolute atomic E-state index is 11.9. The molecule has 1 aliphatic rings. The van der Waals surface area contributed by atoms with Crippen LogP contribution in [0.4, 0.5) is 4.79 Å². The van der Waals surface area contributed by atoms with E-state index in [-0.39, 0.29) is 6.09 Å². The van der Waals surface area contributed by atoms with Crippen molar-refractivity contribution in [1.82, 2.24) is 4.90 Å². The van der Waals surface area contributed by atoms with Crippen LogP contribution in [0.3, 0.4) is 0 Å². The summed E-state index contributed by atoms with van der Waals surface area (Å²) < 4.78 is 5.35. The van der Waals surface area contributed by atoms with Gasteiger partial charge in [0.15, 0.2) is 0 Å². The van der Waals surface area contributed by atoms with Crippen LogP contribution in [0, 0.1) is 5.92 Å². The van der Waals surface area contributed by atoms with Gasteiger partial charge in [0.2, 0.25) is 0 Å². The molecule has 0 bridgehead atoms. The SMILES string of the molecule is BC(B)(O)CC1CCN(C(=O)OC(C)(C)C)CC1. The predicted molar refractivity (Wildman–Crippen MR) is 77.2 cm³/mol. The summed E-state index contributed by atoms with van der Waals surface area (Å²) >= 11 is 0. The molecule has 0 spiro atoms. The molecule has 4 nitrogen and oxygen atoms in total. The lowest BCUT2D eigenvalue weighted by atomic mass is 9.60. The molecular weight excluding hydrogens is 228 g/mol. The Balaban J connectivity index is 2.37. The van der Waals surface area contributed by atoms with E-state index in [9.17, 15) is 9.90 Å². The minimum absolute atomic E-state index is 0.218. The van der Waals surface area contributed by atoms with Crippen molar-refractivity contribution in [3.8, 4) is 0 Å². The number of rotatable bonds is 2. The van der Waals surface area contributed by atoms with E-state index in [1.54, 1.807) is 4.90 Å². The molecule has 18 heavy (non-hydrogen) atoms. The van der Waals surface area contributed by atoms with Crippen LogP contribution in [0.2, 0.25) is 0 Å². The summed E-state index contributed by atoms with van der Waals surface area (Å²) in [6, 6.07) is 0. The lowest BCUT2D eigenvalue weighted by Gasteiger charge is -2.35. The van der Waals surface area contributed by atoms with Gasteiger partial charge in [-0.3, -0.25) is 0 Å². The van der Waals surface area contributed by atoms with Crippen LogP contribution >= 0.6 is 0 Å². The minimum atomic E-state index is -0.612. The van der Waals surface area contributed by atoms with Crippen molar-refractivity contribution in [2.75, 3.05) is 13.1 Å². The normalized spacial score (nSPS) is 18.8. The van der Waals surface area contributed by atoms with Gasteiger partial charge >= 0.3 is 6.09 Å². The number of piperidine rings is 1. The van der Waals surface area contributed by atoms with Crippen molar-refractivity contribution in [2.24, 2.45) is 5.92 Å². The van der Waals surface area contributed by atoms with Gasteiger partial charge in [-0.05, 0) is 46.0 Å². The molecule has 1 fully saturated rings. The highest BCUT2D eigenvalue weighted by atomic mass is 16.6. The number of nitrogens with zero attached hydrogens (tertiary/aromatic N) is 1. The van der Waals surface area contributed by atoms with Crippen LogP contribution in [0.15, 0.2) is 0 Å². The smallest absolute Gasteiger partial charge is 0.410 e. The molecule has 6 heteroatoms. The maximum Gasteiger partial charge on any atom is 0.410 e. The zero-order valence-electron chi connectivity index (χ0n) is 12.3. The third-order valence-corrected chi connectivity index (χ3v) is 3.05. The molecule has 0 unspecified atom stereocenters. The van der Waals surface area contributed by atoms with Gasteiger partial charge in [0.25, 0.3) is 0 Å². The zero-order chi connectivity index (χ0) is 14.0. The molecule has 0 saturated carbocycles. The minimum Gasteiger partial charge on any atom is -0.444 e. The molecule has 0 aliphatic carbocycles. The Morgan fingerprint density at radius 1 is 1.33 bits per heavy atom. The Labute approximate surface area is 112 Å². The third-order valence-electron chi connectivity index (χ3n) is 3.05. The number of hydrogen-bond acceptors (Lipinski definition) is 3. The highest BCUT2D eigenvalue weighted by Gasteiger charge is 2.29. The molecule has 0 aromatic rings. The first-order valence-corrected chi connectivity index (χ1v) is 6.77. The maximum atomic E-state index is 11.9. The Bertz CT molecular complexity index is 289. The van der Waals surface area contributed by atoms with Gasteiger partial charge in [-0.1, -0.05) is 0 Å². The molecule has 0 atom stereocenters. The molecular formula is C12H25B2NO3. The van der Waals surface area contributed by atoms with Crippen LogP contribution in [0.5, 0.6) is 0 Å². The van der Waals surface area contributed by atoms with Crippen LogP contribution in [-0.2, 0) is 4.74 Å². The number of carbonyl (C=O) groups is 1. The van der Waals surface area contributed by atoms with Crippen LogP contribution in [-0.4, -0.2) is 55.9 Å². The van der Waals surface area contributed by atoms with Crippen LogP contribution in [0.25, 0.3) is 0 Å². The van der Waals surface area contributed by atoms with Crippen molar-refractivity contribution >= 4 is 21.8 Å². The van der Waals surface area contributed by atoms with Crippen LogP contribution < -0.4 is 0 Å². The van der Waals surface area contributed by atoms with E-state index < -0.39 is 11.0 Å². The molecule has 1 aliphatic heterocycles. The Morgan fingerprint density at radius 2 is 1.83 bits per heavy atom. The summed E-state index contributed by atoms with van der Waals surface area (Å²) in [5, 5.41) is 9.18. The van der Waals surface area contributed by atoms with Gasteiger partial charge in [0, 0.05) is 18.5 Å². The van der Waals surface area contributed by atoms with Crippen LogP contribution in [0.1, 0.15) is 40.0 Å². The van der Waals surface area contributed by atoms with E-state index in [0.717, 1.165) is 32.4 Å². The second-order valence-corrected chi connectivity index (χ2v) is 6.93. The number of amides is 1. The first kappa shape index (κ1) is 15.4. The Kier molecular flexibility index (Phi) is 4.76. The molecule has 1 saturated heterocycles. The van der Waals surface area contributed by atoms with Crippen molar-refractivity contribution in [2.45, 2.75) is 51.0 Å². The summed E-state index contributed by atoms with van der Waals surface area (Å²) in [4.78, 5) is 13.6. The standard InChI is InChI=1S/C12H25B2NO3/c1-11(2,3)18-10(16)15-6-4-9(5-7-15)8-12(13,14)17/h9,17H,4-8,13-14H2,1-3H3. The molecule has 102 valence electrons. The van der Waals surface area contributed by atoms with Gasteiger partial charge < -0.3 is 14.7 Å². The number of aliphatic hydroxyl groups is 1. The van der Waals surface area contributed by atoms with Crippen molar-refractivity contribution < 1.29 is 14.6 Å². The van der Waals surface area contributed by atoms with E-state index in [2.05, 4.69) is 0 Å². The topological polar surface area (TPSA) is 49.8 Å². The molecule has 1 amide bonds. The summed E-state index contributed by atoms with van der Waals surface area (Å²) in [6.07, 6.45) is 2.48. The van der Waals surface area contributed by atoms with Crippen molar-refractivity contribution in [3.05, 3.63) is 0 Å². The van der Waals surface area contributed by atoms with Gasteiger partial charge in [0.05, 0.1) is 0 Å². The number of carbonyl (C=O) groups excluding carboxylic acids is 1. The second-order valence-electron chi connectivity index (χ2n) is 6.93. The Hall–Kier alpha value is -0.640. The second kappa shape index (κ2) is 5.55. The average molecular weight is 253 g/mol. The van der Waals surface area contributed by atoms with Gasteiger partial charge in [0.1, 0.15) is 21.3 Å². The molecule has 1 heterocycles. The lowest BCUT2D eigenvalue weighted by molar-refractivity contribution is 0.0167. The van der Waals surface area contributed by atoms with Gasteiger partial charge in [-0.2, -0.15) is 0 Å². The number of likely N-dealkylation sites (tertiary alicyclic amines) is 1. The number of ether oxygens (including phenoxy) is 1. The third kappa shape index (κ3) is 5.80. The highest BCUT2D eigenvalue weighted by Crippen LogP contribution is 2.24. The fourth-order valence-electron chi connectivity index (χ4n) is 2.35. The largest absolute Gasteiger partial charge is 0.444 e. The van der Waals surface area contributed by atoms with Crippen molar-refractivity contribution in [1.29, 1.82) is 0 Å². The van der Waals surface area contributed by atoms with E-state index in [1.807, 2.05) is 36.5 Å². The zero-order valence-corrected chi connectivity index (χ0v) is 12.3. The predicted octanol–water partition coefficient (Wildman–Crippen LogP) is -0.0641. The average Bonchev–Trinajstić information content (AvgIpc) is 2.13. The van der Waals surface area contributed by atoms with E-state index in [1.165, 1.54) is 0 Å². The summed E-state index contributed by atoms with van der Waals surface area (Å²) in [5.41, 5.74) is -0.430. The summed E-state index contributed by atoms with van der Waals surface area (Å²) in [5.74, 6) is 0.503. The lowest BCUT2D eigenvalue weighted by Crippen LogP contribution is -2.43. The first-order valence-electron chi connectivity index (χ1n) is 6.77. The molecule has 0 radical (unpaired) electrons. The molecule has 0 aromatic carbocycles. The van der Waals surface area contributed by atoms with Crippen molar-refractivity contribution in [3.63, 3.8) is 0 Å². The van der Waals surface area contributed by atoms with E-state index in [0.29, 0.717) is 5.92 Å². The fraction of sp³-hybridized carbons (Fsp3) is 0.917. The van der Waals surface area contributed by atoms with E-state index in [4.69, 9.17) is 4.74 Å².